The first-order chi connectivity index (χ1) is 18.8. The lowest BCUT2D eigenvalue weighted by atomic mass is 10.0. The summed E-state index contributed by atoms with van der Waals surface area (Å²) in [6.45, 7) is 8.35. The predicted molar refractivity (Wildman–Crippen MR) is 157 cm³/mol. The maximum absolute atomic E-state index is 7.33. The summed E-state index contributed by atoms with van der Waals surface area (Å²) in [5.74, 6) is 0.500. The van der Waals surface area contributed by atoms with Crippen LogP contribution in [0.25, 0.3) is 11.2 Å². The van der Waals surface area contributed by atoms with Crippen molar-refractivity contribution in [2.24, 2.45) is 7.05 Å². The highest BCUT2D eigenvalue weighted by molar-refractivity contribution is 6.99. The van der Waals surface area contributed by atoms with Gasteiger partial charge in [0.05, 0.1) is 12.5 Å². The highest BCUT2D eigenvalue weighted by Crippen LogP contribution is 2.44. The van der Waals surface area contributed by atoms with E-state index in [9.17, 15) is 0 Å². The standard InChI is InChI=1S/C30H33ClN6OSi/c1-30(2,3)39(23-11-7-5-8-12-23,24-13-9-6-10-14-24)38-18-22-15-21(27-25(22)16-35-36(27)4)17-37-20-34-26-28(31)32-19-33-29(26)37/h5-14,16,19-22H,15,17-18H2,1-4H3/t21-,22+/m0/s1. The lowest BCUT2D eigenvalue weighted by Crippen LogP contribution is -2.66. The van der Waals surface area contributed by atoms with Gasteiger partial charge in [0.15, 0.2) is 10.8 Å². The molecule has 0 spiro atoms. The highest BCUT2D eigenvalue weighted by atomic mass is 35.5. The van der Waals surface area contributed by atoms with Crippen molar-refractivity contribution < 1.29 is 4.43 Å². The Morgan fingerprint density at radius 2 is 1.62 bits per heavy atom. The summed E-state index contributed by atoms with van der Waals surface area (Å²) in [6.07, 6.45) is 6.30. The molecule has 3 heterocycles. The largest absolute Gasteiger partial charge is 0.407 e. The summed E-state index contributed by atoms with van der Waals surface area (Å²) in [7, 11) is -0.603. The Morgan fingerprint density at radius 1 is 0.949 bits per heavy atom. The van der Waals surface area contributed by atoms with Gasteiger partial charge in [0.1, 0.15) is 11.8 Å². The topological polar surface area (TPSA) is 70.7 Å². The molecule has 9 heteroatoms. The first-order valence-electron chi connectivity index (χ1n) is 13.4. The third-order valence-electron chi connectivity index (χ3n) is 8.10. The molecule has 0 aliphatic heterocycles. The third kappa shape index (κ3) is 4.40. The van der Waals surface area contributed by atoms with Crippen molar-refractivity contribution in [1.29, 1.82) is 0 Å². The molecule has 7 nitrogen and oxygen atoms in total. The Labute approximate surface area is 235 Å². The normalized spacial score (nSPS) is 17.6. The molecule has 6 rings (SSSR count). The van der Waals surface area contributed by atoms with Crippen LogP contribution in [0.2, 0.25) is 10.2 Å². The number of hydrogen-bond donors (Lipinski definition) is 0. The molecule has 2 atom stereocenters. The van der Waals surface area contributed by atoms with Crippen molar-refractivity contribution in [3.8, 4) is 0 Å². The SMILES string of the molecule is Cn1ncc2c1[C@H](Cn1cnc3c(Cl)ncnc31)C[C@@H]2CO[Si](c1ccccc1)(c1ccccc1)C(C)(C)C. The zero-order valence-electron chi connectivity index (χ0n) is 22.8. The van der Waals surface area contributed by atoms with Crippen molar-refractivity contribution in [1.82, 2.24) is 29.3 Å². The molecule has 0 amide bonds. The van der Waals surface area contributed by atoms with Crippen molar-refractivity contribution in [3.63, 3.8) is 0 Å². The minimum absolute atomic E-state index is 0.0693. The maximum Gasteiger partial charge on any atom is 0.261 e. The lowest BCUT2D eigenvalue weighted by Gasteiger charge is -2.43. The quantitative estimate of drug-likeness (QED) is 0.207. The van der Waals surface area contributed by atoms with Gasteiger partial charge in [-0.1, -0.05) is 93.0 Å². The molecule has 0 bridgehead atoms. The van der Waals surface area contributed by atoms with Crippen molar-refractivity contribution in [3.05, 3.63) is 95.9 Å². The first kappa shape index (κ1) is 25.9. The number of rotatable bonds is 7. The van der Waals surface area contributed by atoms with Gasteiger partial charge in [-0.15, -0.1) is 0 Å². The van der Waals surface area contributed by atoms with E-state index in [1.54, 1.807) is 0 Å². The van der Waals surface area contributed by atoms with Gasteiger partial charge in [0.25, 0.3) is 8.32 Å². The molecule has 1 aliphatic carbocycles. The van der Waals surface area contributed by atoms with Gasteiger partial charge in [-0.3, -0.25) is 4.68 Å². The van der Waals surface area contributed by atoms with E-state index in [-0.39, 0.29) is 16.9 Å². The molecule has 0 saturated carbocycles. The number of nitrogens with zero attached hydrogens (tertiary/aromatic N) is 6. The minimum atomic E-state index is -2.63. The average Bonchev–Trinajstić information content (AvgIpc) is 3.62. The first-order valence-corrected chi connectivity index (χ1v) is 15.7. The van der Waals surface area contributed by atoms with E-state index in [0.717, 1.165) is 18.6 Å². The molecule has 0 unspecified atom stereocenters. The Bertz CT molecular complexity index is 1560. The lowest BCUT2D eigenvalue weighted by molar-refractivity contribution is 0.265. The molecular weight excluding hydrogens is 524 g/mol. The number of imidazole rings is 1. The third-order valence-corrected chi connectivity index (χ3v) is 13.4. The Kier molecular flexibility index (Phi) is 6.65. The molecule has 1 aliphatic rings. The average molecular weight is 557 g/mol. The minimum Gasteiger partial charge on any atom is -0.407 e. The number of hydrogen-bond acceptors (Lipinski definition) is 5. The number of halogens is 1. The zero-order chi connectivity index (χ0) is 27.2. The summed E-state index contributed by atoms with van der Waals surface area (Å²) in [5.41, 5.74) is 3.92. The summed E-state index contributed by atoms with van der Waals surface area (Å²) in [4.78, 5) is 13.0. The van der Waals surface area contributed by atoms with Gasteiger partial charge in [0, 0.05) is 37.7 Å². The smallest absolute Gasteiger partial charge is 0.261 e. The van der Waals surface area contributed by atoms with Crippen LogP contribution in [0.15, 0.2) is 79.5 Å². The molecule has 2 aromatic carbocycles. The van der Waals surface area contributed by atoms with Gasteiger partial charge in [-0.25, -0.2) is 15.0 Å². The summed E-state index contributed by atoms with van der Waals surface area (Å²) in [6, 6.07) is 21.7. The number of fused-ring (bicyclic) bond motifs is 2. The van der Waals surface area contributed by atoms with Crippen LogP contribution in [0.5, 0.6) is 0 Å². The highest BCUT2D eigenvalue weighted by Gasteiger charge is 2.51. The zero-order valence-corrected chi connectivity index (χ0v) is 24.5. The molecule has 0 fully saturated rings. The Balaban J connectivity index is 1.34. The molecule has 0 saturated heterocycles. The molecule has 0 N–H and O–H groups in total. The van der Waals surface area contributed by atoms with Crippen molar-refractivity contribution in [2.45, 2.75) is 50.6 Å². The van der Waals surface area contributed by atoms with Gasteiger partial charge >= 0.3 is 0 Å². The van der Waals surface area contributed by atoms with E-state index in [1.807, 2.05) is 24.3 Å². The summed E-state index contributed by atoms with van der Waals surface area (Å²) in [5, 5.41) is 7.56. The van der Waals surface area contributed by atoms with Crippen LogP contribution < -0.4 is 10.4 Å². The van der Waals surface area contributed by atoms with Crippen LogP contribution in [0.4, 0.5) is 0 Å². The second-order valence-electron chi connectivity index (χ2n) is 11.4. The second-order valence-corrected chi connectivity index (χ2v) is 16.1. The van der Waals surface area contributed by atoms with E-state index in [0.29, 0.717) is 17.3 Å². The van der Waals surface area contributed by atoms with E-state index >= 15 is 0 Å². The van der Waals surface area contributed by atoms with E-state index in [1.165, 1.54) is 28.0 Å². The fraction of sp³-hybridized carbons (Fsp3) is 0.333. The molecule has 200 valence electrons. The van der Waals surface area contributed by atoms with Crippen LogP contribution in [-0.2, 0) is 18.0 Å². The second kappa shape index (κ2) is 10.0. The molecular formula is C30H33ClN6OSi. The monoisotopic (exact) mass is 556 g/mol. The van der Waals surface area contributed by atoms with E-state index < -0.39 is 8.32 Å². The van der Waals surface area contributed by atoms with Crippen molar-refractivity contribution >= 4 is 41.5 Å². The molecule has 5 aromatic rings. The number of aromatic nitrogens is 6. The fourth-order valence-electron chi connectivity index (χ4n) is 6.39. The van der Waals surface area contributed by atoms with Crippen LogP contribution in [0, 0.1) is 0 Å². The van der Waals surface area contributed by atoms with Gasteiger partial charge in [-0.05, 0) is 27.4 Å². The van der Waals surface area contributed by atoms with Crippen LogP contribution >= 0.6 is 11.6 Å². The predicted octanol–water partition coefficient (Wildman–Crippen LogP) is 5.06. The van der Waals surface area contributed by atoms with Crippen molar-refractivity contribution in [2.75, 3.05) is 6.61 Å². The molecule has 0 radical (unpaired) electrons. The summed E-state index contributed by atoms with van der Waals surface area (Å²) < 4.78 is 11.4. The maximum atomic E-state index is 7.33. The summed E-state index contributed by atoms with van der Waals surface area (Å²) >= 11 is 6.27. The van der Waals surface area contributed by atoms with Gasteiger partial charge in [-0.2, -0.15) is 5.10 Å². The van der Waals surface area contributed by atoms with Gasteiger partial charge in [0.2, 0.25) is 0 Å². The number of benzene rings is 2. The number of aryl methyl sites for hydroxylation is 1. The molecule has 39 heavy (non-hydrogen) atoms. The van der Waals surface area contributed by atoms with Gasteiger partial charge < -0.3 is 8.99 Å². The van der Waals surface area contributed by atoms with Crippen LogP contribution in [0.1, 0.15) is 50.3 Å². The van der Waals surface area contributed by atoms with Crippen LogP contribution in [-0.4, -0.2) is 44.2 Å². The Morgan fingerprint density at radius 3 is 2.26 bits per heavy atom. The Hall–Kier alpha value is -3.33. The van der Waals surface area contributed by atoms with E-state index in [4.69, 9.17) is 16.0 Å². The van der Waals surface area contributed by atoms with Crippen LogP contribution in [0.3, 0.4) is 0 Å². The van der Waals surface area contributed by atoms with E-state index in [2.05, 4.69) is 106 Å². The fourth-order valence-corrected chi connectivity index (χ4v) is 11.2. The molecule has 3 aromatic heterocycles.